The second kappa shape index (κ2) is 6.61. The van der Waals surface area contributed by atoms with Crippen molar-refractivity contribution in [2.75, 3.05) is 13.2 Å². The highest BCUT2D eigenvalue weighted by atomic mass is 16.5. The van der Waals surface area contributed by atoms with Gasteiger partial charge in [-0.15, -0.1) is 0 Å². The quantitative estimate of drug-likeness (QED) is 0.925. The molecule has 1 aromatic rings. The van der Waals surface area contributed by atoms with Crippen LogP contribution in [0.5, 0.6) is 5.75 Å². The fourth-order valence-corrected chi connectivity index (χ4v) is 2.87. The number of likely N-dealkylation sites (tertiary alicyclic amines) is 1. The molecule has 2 rings (SSSR count). The van der Waals surface area contributed by atoms with E-state index in [1.54, 1.807) is 24.3 Å². The van der Waals surface area contributed by atoms with Gasteiger partial charge in [0, 0.05) is 6.54 Å². The van der Waals surface area contributed by atoms with E-state index < -0.39 is 12.0 Å². The summed E-state index contributed by atoms with van der Waals surface area (Å²) in [6, 6.07) is 6.22. The van der Waals surface area contributed by atoms with Crippen molar-refractivity contribution in [3.05, 3.63) is 29.8 Å². The Morgan fingerprint density at radius 3 is 2.76 bits per heavy atom. The Morgan fingerprint density at radius 2 is 2.10 bits per heavy atom. The molecule has 1 saturated heterocycles. The number of hydrogen-bond acceptors (Lipinski definition) is 3. The summed E-state index contributed by atoms with van der Waals surface area (Å²) in [5.41, 5.74) is 0.430. The van der Waals surface area contributed by atoms with E-state index in [0.29, 0.717) is 24.5 Å². The number of carboxylic acid groups (broad SMARTS) is 1. The largest absolute Gasteiger partial charge is 0.493 e. The van der Waals surface area contributed by atoms with Crippen LogP contribution in [0, 0.1) is 5.92 Å². The average molecular weight is 291 g/mol. The first-order chi connectivity index (χ1) is 10.1. The number of carbonyl (C=O) groups excluding carboxylic acids is 1. The van der Waals surface area contributed by atoms with E-state index in [2.05, 4.69) is 0 Å². The molecule has 2 atom stereocenters. The lowest BCUT2D eigenvalue weighted by atomic mass is 9.90. The molecule has 0 spiro atoms. The van der Waals surface area contributed by atoms with Crippen molar-refractivity contribution in [2.45, 2.75) is 32.7 Å². The van der Waals surface area contributed by atoms with Crippen molar-refractivity contribution in [3.8, 4) is 5.75 Å². The zero-order chi connectivity index (χ0) is 15.4. The van der Waals surface area contributed by atoms with E-state index >= 15 is 0 Å². The topological polar surface area (TPSA) is 66.8 Å². The molecule has 0 bridgehead atoms. The zero-order valence-electron chi connectivity index (χ0n) is 12.4. The lowest BCUT2D eigenvalue weighted by Crippen LogP contribution is -2.52. The minimum Gasteiger partial charge on any atom is -0.493 e. The van der Waals surface area contributed by atoms with Crippen molar-refractivity contribution in [3.63, 3.8) is 0 Å². The Bertz CT molecular complexity index is 529. The van der Waals surface area contributed by atoms with Crippen LogP contribution >= 0.6 is 0 Å². The van der Waals surface area contributed by atoms with Crippen LogP contribution in [0.4, 0.5) is 0 Å². The molecule has 1 amide bonds. The third-order valence-corrected chi connectivity index (χ3v) is 3.86. The van der Waals surface area contributed by atoms with Gasteiger partial charge in [-0.1, -0.05) is 19.1 Å². The number of amides is 1. The lowest BCUT2D eigenvalue weighted by molar-refractivity contribution is -0.145. The van der Waals surface area contributed by atoms with Crippen molar-refractivity contribution in [1.82, 2.24) is 4.90 Å². The first kappa shape index (κ1) is 15.4. The molecule has 0 saturated carbocycles. The van der Waals surface area contributed by atoms with Gasteiger partial charge >= 0.3 is 5.97 Å². The van der Waals surface area contributed by atoms with E-state index in [1.807, 2.05) is 13.8 Å². The number of ether oxygens (including phenoxy) is 1. The second-order valence-corrected chi connectivity index (χ2v) is 5.33. The zero-order valence-corrected chi connectivity index (χ0v) is 12.4. The second-order valence-electron chi connectivity index (χ2n) is 5.33. The Kier molecular flexibility index (Phi) is 4.83. The predicted molar refractivity (Wildman–Crippen MR) is 78.5 cm³/mol. The number of benzene rings is 1. The summed E-state index contributed by atoms with van der Waals surface area (Å²) in [6.07, 6.45) is 1.65. The van der Waals surface area contributed by atoms with Crippen LogP contribution < -0.4 is 4.74 Å². The Labute approximate surface area is 124 Å². The average Bonchev–Trinajstić information content (AvgIpc) is 2.47. The van der Waals surface area contributed by atoms with Crippen molar-refractivity contribution in [1.29, 1.82) is 0 Å². The van der Waals surface area contributed by atoms with Gasteiger partial charge in [-0.2, -0.15) is 0 Å². The van der Waals surface area contributed by atoms with Crippen LogP contribution in [-0.4, -0.2) is 41.1 Å². The number of aliphatic carboxylic acids is 1. The fourth-order valence-electron chi connectivity index (χ4n) is 2.87. The van der Waals surface area contributed by atoms with Gasteiger partial charge in [-0.25, -0.2) is 4.79 Å². The molecule has 1 N–H and O–H groups in total. The number of carbonyl (C=O) groups is 2. The third kappa shape index (κ3) is 3.17. The molecule has 1 fully saturated rings. The van der Waals surface area contributed by atoms with Gasteiger partial charge in [0.25, 0.3) is 5.91 Å². The number of para-hydroxylation sites is 1. The molecule has 1 aliphatic rings. The van der Waals surface area contributed by atoms with Gasteiger partial charge in [-0.3, -0.25) is 4.79 Å². The van der Waals surface area contributed by atoms with Gasteiger partial charge in [0.1, 0.15) is 11.8 Å². The first-order valence-corrected chi connectivity index (χ1v) is 7.31. The molecule has 5 nitrogen and oxygen atoms in total. The summed E-state index contributed by atoms with van der Waals surface area (Å²) in [4.78, 5) is 25.7. The number of hydrogen-bond donors (Lipinski definition) is 1. The molecular weight excluding hydrogens is 270 g/mol. The van der Waals surface area contributed by atoms with Crippen molar-refractivity contribution in [2.24, 2.45) is 5.92 Å². The number of nitrogens with zero attached hydrogens (tertiary/aromatic N) is 1. The summed E-state index contributed by atoms with van der Waals surface area (Å²) in [5, 5.41) is 9.42. The highest BCUT2D eigenvalue weighted by molar-refractivity contribution is 5.99. The van der Waals surface area contributed by atoms with Crippen molar-refractivity contribution >= 4 is 11.9 Å². The fraction of sp³-hybridized carbons (Fsp3) is 0.500. The molecule has 21 heavy (non-hydrogen) atoms. The van der Waals surface area contributed by atoms with E-state index in [4.69, 9.17) is 4.74 Å². The minimum atomic E-state index is -0.940. The molecule has 1 aromatic carbocycles. The van der Waals surface area contributed by atoms with E-state index in [9.17, 15) is 14.7 Å². The molecule has 5 heteroatoms. The van der Waals surface area contributed by atoms with Crippen LogP contribution in [0.2, 0.25) is 0 Å². The summed E-state index contributed by atoms with van der Waals surface area (Å²) < 4.78 is 5.48. The van der Waals surface area contributed by atoms with Crippen LogP contribution in [0.25, 0.3) is 0 Å². The minimum absolute atomic E-state index is 0.0422. The smallest absolute Gasteiger partial charge is 0.326 e. The van der Waals surface area contributed by atoms with Gasteiger partial charge in [0.15, 0.2) is 0 Å². The normalized spacial score (nSPS) is 21.9. The molecule has 0 radical (unpaired) electrons. The van der Waals surface area contributed by atoms with Crippen LogP contribution in [0.1, 0.15) is 37.0 Å². The Hall–Kier alpha value is -2.04. The summed E-state index contributed by atoms with van der Waals surface area (Å²) in [5.74, 6) is -0.741. The lowest BCUT2D eigenvalue weighted by Gasteiger charge is -2.37. The van der Waals surface area contributed by atoms with Crippen LogP contribution in [-0.2, 0) is 4.79 Å². The monoisotopic (exact) mass is 291 g/mol. The molecule has 1 heterocycles. The maximum absolute atomic E-state index is 12.7. The van der Waals surface area contributed by atoms with Crippen molar-refractivity contribution < 1.29 is 19.4 Å². The van der Waals surface area contributed by atoms with Gasteiger partial charge in [0.2, 0.25) is 0 Å². The van der Waals surface area contributed by atoms with Gasteiger partial charge in [0.05, 0.1) is 12.2 Å². The highest BCUT2D eigenvalue weighted by Crippen LogP contribution is 2.28. The molecular formula is C16H21NO4. The predicted octanol–water partition coefficient (Wildman–Crippen LogP) is 2.41. The van der Waals surface area contributed by atoms with Crippen LogP contribution in [0.15, 0.2) is 24.3 Å². The standard InChI is InChI=1S/C16H21NO4/c1-3-21-13-9-5-4-8-12(13)15(18)17-10-6-7-11(2)14(17)16(19)20/h4-5,8-9,11,14H,3,6-7,10H2,1-2H3,(H,19,20). The maximum Gasteiger partial charge on any atom is 0.326 e. The molecule has 0 aromatic heterocycles. The number of carboxylic acids is 1. The molecule has 1 aliphatic heterocycles. The van der Waals surface area contributed by atoms with Gasteiger partial charge in [-0.05, 0) is 37.8 Å². The van der Waals surface area contributed by atoms with Crippen LogP contribution in [0.3, 0.4) is 0 Å². The summed E-state index contributed by atoms with van der Waals surface area (Å²) >= 11 is 0. The van der Waals surface area contributed by atoms with E-state index in [1.165, 1.54) is 4.90 Å². The van der Waals surface area contributed by atoms with E-state index in [-0.39, 0.29) is 11.8 Å². The summed E-state index contributed by atoms with van der Waals surface area (Å²) in [7, 11) is 0. The molecule has 2 unspecified atom stereocenters. The SMILES string of the molecule is CCOc1ccccc1C(=O)N1CCCC(C)C1C(=O)O. The first-order valence-electron chi connectivity index (χ1n) is 7.31. The van der Waals surface area contributed by atoms with E-state index in [0.717, 1.165) is 12.8 Å². The number of rotatable bonds is 4. The number of piperidine rings is 1. The Morgan fingerprint density at radius 1 is 1.38 bits per heavy atom. The summed E-state index contributed by atoms with van der Waals surface area (Å²) in [6.45, 7) is 4.67. The maximum atomic E-state index is 12.7. The third-order valence-electron chi connectivity index (χ3n) is 3.86. The van der Waals surface area contributed by atoms with Gasteiger partial charge < -0.3 is 14.7 Å². The molecule has 114 valence electrons. The molecule has 0 aliphatic carbocycles. The highest BCUT2D eigenvalue weighted by Gasteiger charge is 2.37. The Balaban J connectivity index is 2.31.